The standard InChI is InChI=1S/C24H24Cl2N2O4.C23H21Cl3N2O3.C23H30N2O3/c1-30-22-11-17(25)18(26)12-23(22)31-10-9-27-13-15(29)14-32-21-8-4-7-20-24(21)16-5-2-3-6-19(16)28-20;24-16-10-18(26)22(11-17(16)25)30-9-8-27-12-14(29)13-31-21-7-3-6-20-23(21)15-4-1-2-5-19(15)28-20;26-17(15-24-13-14-27-18-7-2-1-3-8-18)16-28-22-12-6-11-21-23(22)19-9-4-5-10-20(19)25-21/h2-8,11-12,15,27-29H,9-10,13-14H2,1H3;1-7,10-11,14,27-29H,8-9,12-13H2;4-6,9-12,17-18,24-26H,1-3,7-8,13-16H2. The molecule has 1 fully saturated rings. The van der Waals surface area contributed by atoms with Gasteiger partial charge < -0.3 is 79.4 Å². The normalized spacial score (nSPS) is 13.6. The molecule has 21 heteroatoms. The SMILES string of the molecule is COc1cc(Cl)c(Cl)cc1OCCNCC(O)COc1cccc2[nH]c3ccccc3c12.OC(CNCCOC1CCCCC1)COc1cccc2[nH]c3ccccc3c12.OC(CNCCOc1cc(Cl)c(Cl)cc1Cl)COc1cccc2[nH]c3ccccc3c12. The summed E-state index contributed by atoms with van der Waals surface area (Å²) in [6, 6.07) is 48.4. The van der Waals surface area contributed by atoms with Crippen molar-refractivity contribution in [3.05, 3.63) is 177 Å². The lowest BCUT2D eigenvalue weighted by Gasteiger charge is -2.22. The van der Waals surface area contributed by atoms with Gasteiger partial charge in [-0.2, -0.15) is 0 Å². The van der Waals surface area contributed by atoms with Crippen LogP contribution in [0.3, 0.4) is 0 Å². The number of halogens is 5. The highest BCUT2D eigenvalue weighted by Crippen LogP contribution is 2.38. The van der Waals surface area contributed by atoms with Crippen LogP contribution >= 0.6 is 58.0 Å². The Kier molecular flexibility index (Phi) is 24.8. The van der Waals surface area contributed by atoms with Gasteiger partial charge in [-0.15, -0.1) is 0 Å². The molecule has 91 heavy (non-hydrogen) atoms. The van der Waals surface area contributed by atoms with Crippen LogP contribution in [0.1, 0.15) is 32.1 Å². The van der Waals surface area contributed by atoms with Crippen LogP contribution in [0.25, 0.3) is 65.4 Å². The summed E-state index contributed by atoms with van der Waals surface area (Å²) in [4.78, 5) is 10.2. The first-order chi connectivity index (χ1) is 44.4. The first-order valence-electron chi connectivity index (χ1n) is 30.5. The summed E-state index contributed by atoms with van der Waals surface area (Å²) in [5.41, 5.74) is 6.26. The van der Waals surface area contributed by atoms with Gasteiger partial charge in [0.1, 0.15) is 74.3 Å². The zero-order chi connectivity index (χ0) is 63.5. The Labute approximate surface area is 553 Å². The van der Waals surface area contributed by atoms with Crippen molar-refractivity contribution in [2.24, 2.45) is 0 Å². The summed E-state index contributed by atoms with van der Waals surface area (Å²) in [7, 11) is 1.54. The molecule has 3 aromatic heterocycles. The van der Waals surface area contributed by atoms with Crippen molar-refractivity contribution in [1.82, 2.24) is 30.9 Å². The predicted octanol–water partition coefficient (Wildman–Crippen LogP) is 14.7. The van der Waals surface area contributed by atoms with Crippen molar-refractivity contribution >= 4 is 123 Å². The zero-order valence-corrected chi connectivity index (χ0v) is 54.1. The highest BCUT2D eigenvalue weighted by molar-refractivity contribution is 6.43. The van der Waals surface area contributed by atoms with Gasteiger partial charge in [-0.1, -0.05) is 150 Å². The molecular formula is C70H75Cl5N6O10. The molecule has 3 heterocycles. The third kappa shape index (κ3) is 18.3. The number of H-pyrrole nitrogens is 3. The van der Waals surface area contributed by atoms with E-state index in [2.05, 4.69) is 55.2 Å². The molecule has 16 nitrogen and oxygen atoms in total. The van der Waals surface area contributed by atoms with E-state index < -0.39 is 18.3 Å². The topological polar surface area (TPSA) is 209 Å². The Bertz CT molecular complexity index is 4120. The monoisotopic (exact) mass is 1330 g/mol. The number of aliphatic hydroxyl groups excluding tert-OH is 3. The van der Waals surface area contributed by atoms with E-state index in [-0.39, 0.29) is 19.8 Å². The minimum atomic E-state index is -0.672. The number of nitrogens with one attached hydrogen (secondary N) is 6. The lowest BCUT2D eigenvalue weighted by Crippen LogP contribution is -2.34. The molecule has 9 N–H and O–H groups in total. The van der Waals surface area contributed by atoms with Gasteiger partial charge in [-0.3, -0.25) is 0 Å². The minimum Gasteiger partial charge on any atom is -0.493 e. The van der Waals surface area contributed by atoms with E-state index in [1.807, 2.05) is 103 Å². The van der Waals surface area contributed by atoms with Crippen LogP contribution in [0.2, 0.25) is 25.1 Å². The van der Waals surface area contributed by atoms with Gasteiger partial charge in [0.25, 0.3) is 0 Å². The molecule has 3 unspecified atom stereocenters. The van der Waals surface area contributed by atoms with E-state index in [1.54, 1.807) is 24.3 Å². The quantitative estimate of drug-likeness (QED) is 0.0165. The summed E-state index contributed by atoms with van der Waals surface area (Å²) in [6.45, 7) is 5.07. The van der Waals surface area contributed by atoms with E-state index in [1.165, 1.54) is 39.2 Å². The maximum Gasteiger partial charge on any atom is 0.162 e. The number of aromatic nitrogens is 3. The molecule has 1 aliphatic rings. The van der Waals surface area contributed by atoms with Crippen molar-refractivity contribution in [3.8, 4) is 34.5 Å². The van der Waals surface area contributed by atoms with E-state index in [0.717, 1.165) is 89.2 Å². The second-order valence-corrected chi connectivity index (χ2v) is 24.0. The lowest BCUT2D eigenvalue weighted by atomic mass is 9.98. The molecule has 0 saturated heterocycles. The fraction of sp³-hybridized carbons (Fsp3) is 0.314. The van der Waals surface area contributed by atoms with Crippen molar-refractivity contribution in [2.75, 3.05) is 86.0 Å². The summed E-state index contributed by atoms with van der Waals surface area (Å²) in [5.74, 6) is 3.78. The average molecular weight is 1340 g/mol. The Morgan fingerprint density at radius 1 is 0.396 bits per heavy atom. The molecule has 0 spiro atoms. The highest BCUT2D eigenvalue weighted by atomic mass is 35.5. The van der Waals surface area contributed by atoms with Gasteiger partial charge in [0, 0.05) is 106 Å². The summed E-state index contributed by atoms with van der Waals surface area (Å²) in [5, 5.41) is 48.8. The van der Waals surface area contributed by atoms with Crippen molar-refractivity contribution in [1.29, 1.82) is 0 Å². The second-order valence-electron chi connectivity index (χ2n) is 22.0. The lowest BCUT2D eigenvalue weighted by molar-refractivity contribution is 0.0283. The van der Waals surface area contributed by atoms with E-state index in [4.69, 9.17) is 91.2 Å². The molecule has 8 aromatic carbocycles. The first kappa shape index (κ1) is 67.0. The van der Waals surface area contributed by atoms with Crippen LogP contribution in [-0.4, -0.2) is 141 Å². The number of fused-ring (bicyclic) bond motifs is 9. The Hall–Kier alpha value is -6.87. The van der Waals surface area contributed by atoms with Gasteiger partial charge in [0.05, 0.1) is 61.5 Å². The maximum atomic E-state index is 10.3. The van der Waals surface area contributed by atoms with Gasteiger partial charge in [-0.05, 0) is 73.5 Å². The fourth-order valence-corrected chi connectivity index (χ4v) is 11.8. The van der Waals surface area contributed by atoms with E-state index >= 15 is 0 Å². The van der Waals surface area contributed by atoms with Crippen LogP contribution < -0.4 is 44.4 Å². The number of benzene rings is 8. The second kappa shape index (κ2) is 33.6. The smallest absolute Gasteiger partial charge is 0.162 e. The molecule has 3 atom stereocenters. The van der Waals surface area contributed by atoms with Gasteiger partial charge in [-0.25, -0.2) is 0 Å². The largest absolute Gasteiger partial charge is 0.493 e. The average Bonchev–Trinajstić information content (AvgIpc) is 1.67. The number of para-hydroxylation sites is 3. The number of aromatic amines is 3. The zero-order valence-electron chi connectivity index (χ0n) is 50.4. The Balaban J connectivity index is 0.000000150. The molecule has 11 aromatic rings. The third-order valence-corrected chi connectivity index (χ3v) is 17.1. The Morgan fingerprint density at radius 3 is 1.19 bits per heavy atom. The number of aliphatic hydroxyl groups is 3. The molecule has 0 aliphatic heterocycles. The number of methoxy groups -OCH3 is 1. The number of rotatable bonds is 28. The summed E-state index contributed by atoms with van der Waals surface area (Å²) < 4.78 is 40.3. The summed E-state index contributed by atoms with van der Waals surface area (Å²) in [6.07, 6.45) is 4.83. The number of hydrogen-bond donors (Lipinski definition) is 9. The minimum absolute atomic E-state index is 0.172. The molecule has 12 rings (SSSR count). The van der Waals surface area contributed by atoms with Gasteiger partial charge >= 0.3 is 0 Å². The third-order valence-electron chi connectivity index (χ3n) is 15.3. The van der Waals surface area contributed by atoms with Crippen molar-refractivity contribution < 1.29 is 48.5 Å². The maximum absolute atomic E-state index is 10.3. The molecular weight excluding hydrogens is 1260 g/mol. The van der Waals surface area contributed by atoms with Crippen LogP contribution in [0.5, 0.6) is 34.5 Å². The molecule has 0 radical (unpaired) electrons. The molecule has 0 bridgehead atoms. The molecule has 480 valence electrons. The fourth-order valence-electron chi connectivity index (χ4n) is 10.9. The van der Waals surface area contributed by atoms with Crippen LogP contribution in [0.15, 0.2) is 152 Å². The van der Waals surface area contributed by atoms with Crippen molar-refractivity contribution in [2.45, 2.75) is 56.5 Å². The van der Waals surface area contributed by atoms with Crippen molar-refractivity contribution in [3.63, 3.8) is 0 Å². The first-order valence-corrected chi connectivity index (χ1v) is 32.4. The number of ether oxygens (including phenoxy) is 7. The highest BCUT2D eigenvalue weighted by Gasteiger charge is 2.18. The van der Waals surface area contributed by atoms with Crippen LogP contribution in [0, 0.1) is 0 Å². The molecule has 0 amide bonds. The van der Waals surface area contributed by atoms with E-state index in [9.17, 15) is 15.3 Å². The molecule has 1 saturated carbocycles. The van der Waals surface area contributed by atoms with Gasteiger partial charge in [0.2, 0.25) is 0 Å². The van der Waals surface area contributed by atoms with Gasteiger partial charge in [0.15, 0.2) is 11.5 Å². The molecule has 1 aliphatic carbocycles. The van der Waals surface area contributed by atoms with Crippen LogP contribution in [0.4, 0.5) is 0 Å². The Morgan fingerprint density at radius 2 is 0.758 bits per heavy atom. The summed E-state index contributed by atoms with van der Waals surface area (Å²) >= 11 is 30.0. The number of hydrogen-bond acceptors (Lipinski definition) is 13. The van der Waals surface area contributed by atoms with Crippen LogP contribution in [-0.2, 0) is 4.74 Å². The van der Waals surface area contributed by atoms with E-state index in [0.29, 0.717) is 101 Å². The predicted molar refractivity (Wildman–Crippen MR) is 369 cm³/mol.